The van der Waals surface area contributed by atoms with Gasteiger partial charge in [0.25, 0.3) is 0 Å². The topological polar surface area (TPSA) is 91.2 Å². The summed E-state index contributed by atoms with van der Waals surface area (Å²) in [7, 11) is 0. The van der Waals surface area contributed by atoms with Crippen molar-refractivity contribution in [1.29, 1.82) is 0 Å². The van der Waals surface area contributed by atoms with Gasteiger partial charge in [0.05, 0.1) is 6.21 Å². The molecule has 0 atom stereocenters. The summed E-state index contributed by atoms with van der Waals surface area (Å²) in [4.78, 5) is 24.7. The number of benzene rings is 1. The summed E-state index contributed by atoms with van der Waals surface area (Å²) in [5.41, 5.74) is 3.10. The molecule has 1 heterocycles. The highest BCUT2D eigenvalue weighted by Crippen LogP contribution is 2.15. The number of carbonyl (C=O) groups is 2. The molecule has 1 fully saturated rings. The van der Waals surface area contributed by atoms with Gasteiger partial charge in [0, 0.05) is 18.5 Å². The van der Waals surface area contributed by atoms with Crippen LogP contribution in [0.2, 0.25) is 0 Å². The lowest BCUT2D eigenvalue weighted by Crippen LogP contribution is -2.33. The van der Waals surface area contributed by atoms with Crippen molar-refractivity contribution in [2.24, 2.45) is 5.10 Å². The highest BCUT2D eigenvalue weighted by Gasteiger charge is 2.11. The summed E-state index contributed by atoms with van der Waals surface area (Å²) in [6.45, 7) is 2.45. The summed E-state index contributed by atoms with van der Waals surface area (Å²) >= 11 is 0. The fourth-order valence-corrected chi connectivity index (χ4v) is 2.53. The number of amides is 1. The maximum Gasteiger partial charge on any atom is 0.341 e. The molecule has 0 bridgehead atoms. The second-order valence-electron chi connectivity index (χ2n) is 5.67. The van der Waals surface area contributed by atoms with Gasteiger partial charge in [-0.3, -0.25) is 4.79 Å². The van der Waals surface area contributed by atoms with E-state index in [0.29, 0.717) is 17.7 Å². The Hall–Kier alpha value is -2.41. The zero-order valence-corrected chi connectivity index (χ0v) is 13.6. The largest absolute Gasteiger partial charge is 0.481 e. The SMILES string of the molecule is O=C(O)COc1ccccc1/C=N/NC(=O)CCN1CCCCC1. The van der Waals surface area contributed by atoms with E-state index in [1.165, 1.54) is 25.5 Å². The molecule has 0 radical (unpaired) electrons. The van der Waals surface area contributed by atoms with E-state index in [9.17, 15) is 9.59 Å². The smallest absolute Gasteiger partial charge is 0.341 e. The van der Waals surface area contributed by atoms with Crippen LogP contribution in [0.15, 0.2) is 29.4 Å². The Morgan fingerprint density at radius 2 is 2.00 bits per heavy atom. The van der Waals surface area contributed by atoms with Crippen LogP contribution >= 0.6 is 0 Å². The molecule has 130 valence electrons. The van der Waals surface area contributed by atoms with Gasteiger partial charge in [-0.2, -0.15) is 5.10 Å². The highest BCUT2D eigenvalue weighted by molar-refractivity contribution is 5.85. The summed E-state index contributed by atoms with van der Waals surface area (Å²) in [5, 5.41) is 12.6. The van der Waals surface area contributed by atoms with Crippen LogP contribution in [0.5, 0.6) is 5.75 Å². The van der Waals surface area contributed by atoms with Gasteiger partial charge in [-0.05, 0) is 38.1 Å². The van der Waals surface area contributed by atoms with Crippen LogP contribution in [0.4, 0.5) is 0 Å². The van der Waals surface area contributed by atoms with Gasteiger partial charge < -0.3 is 14.7 Å². The molecule has 0 unspecified atom stereocenters. The van der Waals surface area contributed by atoms with Crippen LogP contribution < -0.4 is 10.2 Å². The minimum absolute atomic E-state index is 0.138. The number of likely N-dealkylation sites (tertiary alicyclic amines) is 1. The number of ether oxygens (including phenoxy) is 1. The zero-order valence-electron chi connectivity index (χ0n) is 13.6. The van der Waals surface area contributed by atoms with E-state index in [1.54, 1.807) is 24.3 Å². The number of carbonyl (C=O) groups excluding carboxylic acids is 1. The summed E-state index contributed by atoms with van der Waals surface area (Å²) < 4.78 is 5.17. The Bertz CT molecular complexity index is 583. The standard InChI is InChI=1S/C17H23N3O4/c21-16(8-11-20-9-4-1-5-10-20)19-18-12-14-6-2-3-7-15(14)24-13-17(22)23/h2-3,6-7,12H,1,4-5,8-11,13H2,(H,19,21)(H,22,23)/b18-12+. The molecule has 7 nitrogen and oxygen atoms in total. The molecule has 1 aliphatic heterocycles. The third-order valence-electron chi connectivity index (χ3n) is 3.77. The van der Waals surface area contributed by atoms with Gasteiger partial charge in [0.2, 0.25) is 5.91 Å². The van der Waals surface area contributed by atoms with Gasteiger partial charge in [-0.25, -0.2) is 10.2 Å². The molecule has 1 aliphatic rings. The molecule has 2 N–H and O–H groups in total. The van der Waals surface area contributed by atoms with E-state index in [4.69, 9.17) is 9.84 Å². The van der Waals surface area contributed by atoms with Crippen LogP contribution in [0.25, 0.3) is 0 Å². The minimum atomic E-state index is -1.05. The quantitative estimate of drug-likeness (QED) is 0.555. The molecule has 0 spiro atoms. The van der Waals surface area contributed by atoms with Crippen LogP contribution in [-0.4, -0.2) is 54.3 Å². The molecule has 1 aromatic rings. The predicted octanol–water partition coefficient (Wildman–Crippen LogP) is 1.48. The first-order chi connectivity index (χ1) is 11.6. The predicted molar refractivity (Wildman–Crippen MR) is 90.2 cm³/mol. The van der Waals surface area contributed by atoms with Crippen molar-refractivity contribution in [2.75, 3.05) is 26.2 Å². The Morgan fingerprint density at radius 3 is 2.75 bits per heavy atom. The van der Waals surface area contributed by atoms with Crippen molar-refractivity contribution in [3.05, 3.63) is 29.8 Å². The number of hydrogen-bond donors (Lipinski definition) is 2. The van der Waals surface area contributed by atoms with E-state index >= 15 is 0 Å². The van der Waals surface area contributed by atoms with Crippen LogP contribution in [0, 0.1) is 0 Å². The Balaban J connectivity index is 1.78. The van der Waals surface area contributed by atoms with Crippen molar-refractivity contribution in [3.63, 3.8) is 0 Å². The first-order valence-corrected chi connectivity index (χ1v) is 8.13. The van der Waals surface area contributed by atoms with Gasteiger partial charge in [-0.15, -0.1) is 0 Å². The fourth-order valence-electron chi connectivity index (χ4n) is 2.53. The molecule has 1 amide bonds. The number of carboxylic acids is 1. The molecule has 1 aromatic carbocycles. The monoisotopic (exact) mass is 333 g/mol. The fraction of sp³-hybridized carbons (Fsp3) is 0.471. The maximum atomic E-state index is 11.8. The molecule has 1 saturated heterocycles. The van der Waals surface area contributed by atoms with Crippen molar-refractivity contribution in [3.8, 4) is 5.75 Å². The summed E-state index contributed by atoms with van der Waals surface area (Å²) in [5.74, 6) is -0.778. The molecule has 24 heavy (non-hydrogen) atoms. The number of para-hydroxylation sites is 1. The number of rotatable bonds is 8. The van der Waals surface area contributed by atoms with E-state index in [-0.39, 0.29) is 5.91 Å². The second-order valence-corrected chi connectivity index (χ2v) is 5.67. The van der Waals surface area contributed by atoms with Crippen molar-refractivity contribution < 1.29 is 19.4 Å². The summed E-state index contributed by atoms with van der Waals surface area (Å²) in [6.07, 6.45) is 5.54. The molecule has 0 aromatic heterocycles. The third kappa shape index (κ3) is 6.37. The Kier molecular flexibility index (Phi) is 7.22. The van der Waals surface area contributed by atoms with Crippen LogP contribution in [-0.2, 0) is 9.59 Å². The number of hydrogen-bond acceptors (Lipinski definition) is 5. The van der Waals surface area contributed by atoms with E-state index in [2.05, 4.69) is 15.4 Å². The lowest BCUT2D eigenvalue weighted by Gasteiger charge is -2.25. The molecular weight excluding hydrogens is 310 g/mol. The number of aliphatic carboxylic acids is 1. The van der Waals surface area contributed by atoms with E-state index < -0.39 is 12.6 Å². The van der Waals surface area contributed by atoms with Crippen LogP contribution in [0.1, 0.15) is 31.2 Å². The number of piperidine rings is 1. The number of carboxylic acid groups (broad SMARTS) is 1. The molecule has 2 rings (SSSR count). The van der Waals surface area contributed by atoms with Crippen LogP contribution in [0.3, 0.4) is 0 Å². The van der Waals surface area contributed by atoms with Crippen molar-refractivity contribution in [2.45, 2.75) is 25.7 Å². The molecule has 0 saturated carbocycles. The van der Waals surface area contributed by atoms with E-state index in [0.717, 1.165) is 19.6 Å². The van der Waals surface area contributed by atoms with Crippen molar-refractivity contribution in [1.82, 2.24) is 10.3 Å². The molecule has 0 aliphatic carbocycles. The maximum absolute atomic E-state index is 11.8. The lowest BCUT2D eigenvalue weighted by molar-refractivity contribution is -0.139. The normalized spacial score (nSPS) is 15.3. The summed E-state index contributed by atoms with van der Waals surface area (Å²) in [6, 6.07) is 6.92. The number of nitrogens with zero attached hydrogens (tertiary/aromatic N) is 2. The van der Waals surface area contributed by atoms with Gasteiger partial charge >= 0.3 is 5.97 Å². The zero-order chi connectivity index (χ0) is 17.2. The molecule has 7 heteroatoms. The first-order valence-electron chi connectivity index (χ1n) is 8.13. The number of hydrazone groups is 1. The van der Waals surface area contributed by atoms with Crippen molar-refractivity contribution >= 4 is 18.1 Å². The van der Waals surface area contributed by atoms with Gasteiger partial charge in [0.1, 0.15) is 5.75 Å². The van der Waals surface area contributed by atoms with Gasteiger partial charge in [0.15, 0.2) is 6.61 Å². The highest BCUT2D eigenvalue weighted by atomic mass is 16.5. The minimum Gasteiger partial charge on any atom is -0.481 e. The lowest BCUT2D eigenvalue weighted by atomic mass is 10.1. The van der Waals surface area contributed by atoms with E-state index in [1.807, 2.05) is 0 Å². The Morgan fingerprint density at radius 1 is 1.25 bits per heavy atom. The third-order valence-corrected chi connectivity index (χ3v) is 3.77. The number of nitrogens with one attached hydrogen (secondary N) is 1. The average Bonchev–Trinajstić information content (AvgIpc) is 2.60. The second kappa shape index (κ2) is 9.67. The first kappa shape index (κ1) is 17.9. The average molecular weight is 333 g/mol. The molecular formula is C17H23N3O4. The van der Waals surface area contributed by atoms with Gasteiger partial charge in [-0.1, -0.05) is 18.6 Å². The Labute approximate surface area is 141 Å².